The van der Waals surface area contributed by atoms with Gasteiger partial charge in [-0.15, -0.1) is 0 Å². The van der Waals surface area contributed by atoms with E-state index < -0.39 is 0 Å². The van der Waals surface area contributed by atoms with Crippen LogP contribution in [0.2, 0.25) is 0 Å². The number of thiocarbonyl (C=S) groups is 1. The molecule has 0 bridgehead atoms. The second-order valence-electron chi connectivity index (χ2n) is 5.89. The normalized spacial score (nSPS) is 13.8. The zero-order chi connectivity index (χ0) is 18.4. The molecule has 138 valence electrons. The topological polar surface area (TPSA) is 75.6 Å². The molecule has 0 amide bonds. The number of likely N-dealkylation sites (N-methyl/N-ethyl adjacent to an activating group) is 1. The van der Waals surface area contributed by atoms with Gasteiger partial charge in [-0.3, -0.25) is 0 Å². The van der Waals surface area contributed by atoms with E-state index in [0.29, 0.717) is 46.9 Å². The van der Waals surface area contributed by atoms with E-state index in [1.807, 2.05) is 18.0 Å². The van der Waals surface area contributed by atoms with Crippen LogP contribution >= 0.6 is 12.2 Å². The smallest absolute Gasteiger partial charge is 0.231 e. The molecular formula is C17H25N3O4S. The van der Waals surface area contributed by atoms with Gasteiger partial charge in [0, 0.05) is 25.2 Å². The van der Waals surface area contributed by atoms with Crippen molar-refractivity contribution < 1.29 is 19.4 Å². The van der Waals surface area contributed by atoms with E-state index in [2.05, 4.69) is 24.3 Å². The van der Waals surface area contributed by atoms with E-state index in [1.165, 1.54) is 6.21 Å². The molecule has 0 radical (unpaired) electrons. The Balaban J connectivity index is 2.17. The number of rotatable bonds is 7. The molecule has 1 heterocycles. The van der Waals surface area contributed by atoms with Crippen LogP contribution in [0.4, 0.5) is 0 Å². The number of ether oxygens (including phenoxy) is 3. The third kappa shape index (κ3) is 4.45. The minimum absolute atomic E-state index is 0.146. The van der Waals surface area contributed by atoms with Gasteiger partial charge in [0.05, 0.1) is 13.3 Å². The lowest BCUT2D eigenvalue weighted by Gasteiger charge is -2.24. The zero-order valence-electron chi connectivity index (χ0n) is 15.0. The first-order valence-corrected chi connectivity index (χ1v) is 8.61. The Labute approximate surface area is 153 Å². The summed E-state index contributed by atoms with van der Waals surface area (Å²) in [6.45, 7) is 5.04. The number of benzene rings is 1. The highest BCUT2D eigenvalue weighted by molar-refractivity contribution is 7.80. The Morgan fingerprint density at radius 1 is 1.56 bits per heavy atom. The quantitative estimate of drug-likeness (QED) is 0.332. The van der Waals surface area contributed by atoms with E-state index in [4.69, 9.17) is 31.6 Å². The number of fused-ring (bicyclic) bond motifs is 1. The highest BCUT2D eigenvalue weighted by Crippen LogP contribution is 2.44. The second kappa shape index (κ2) is 8.75. The standard InChI is InChI=1S/C17H25N3O4S/c1-5-11(2)19-17(25)20(3)7-6-12-8-14-16(24-10-23-14)15(22-4)13(12)9-18-21/h8-9,11,21H,5-7,10H2,1-4H3,(H,19,25)/b18-9-/t11-/m1/s1. The molecule has 0 spiro atoms. The SMILES string of the molecule is CC[C@@H](C)NC(=S)N(C)CCc1cc2c(c(OC)c1/C=N\O)OCO2. The predicted octanol–water partition coefficient (Wildman–Crippen LogP) is 2.38. The lowest BCUT2D eigenvalue weighted by atomic mass is 10.0. The van der Waals surface area contributed by atoms with Crippen LogP contribution in [-0.2, 0) is 6.42 Å². The Bertz CT molecular complexity index is 651. The highest BCUT2D eigenvalue weighted by Gasteiger charge is 2.24. The van der Waals surface area contributed by atoms with Crippen molar-refractivity contribution >= 4 is 23.5 Å². The first-order valence-electron chi connectivity index (χ1n) is 8.20. The van der Waals surface area contributed by atoms with Crippen molar-refractivity contribution in [1.82, 2.24) is 10.2 Å². The minimum atomic E-state index is 0.146. The van der Waals surface area contributed by atoms with E-state index in [9.17, 15) is 0 Å². The van der Waals surface area contributed by atoms with Crippen molar-refractivity contribution in [2.45, 2.75) is 32.7 Å². The molecule has 2 rings (SSSR count). The molecule has 25 heavy (non-hydrogen) atoms. The maximum Gasteiger partial charge on any atom is 0.231 e. The number of hydrogen-bond donors (Lipinski definition) is 2. The fourth-order valence-corrected chi connectivity index (χ4v) is 2.79. The summed E-state index contributed by atoms with van der Waals surface area (Å²) in [7, 11) is 3.49. The average molecular weight is 367 g/mol. The molecular weight excluding hydrogens is 342 g/mol. The summed E-state index contributed by atoms with van der Waals surface area (Å²) in [4.78, 5) is 1.98. The van der Waals surface area contributed by atoms with Gasteiger partial charge in [0.15, 0.2) is 16.6 Å². The van der Waals surface area contributed by atoms with Crippen LogP contribution in [0.1, 0.15) is 31.4 Å². The summed E-state index contributed by atoms with van der Waals surface area (Å²) in [6, 6.07) is 2.22. The largest absolute Gasteiger partial charge is 0.492 e. The third-order valence-corrected chi connectivity index (χ3v) is 4.61. The zero-order valence-corrected chi connectivity index (χ0v) is 15.9. The van der Waals surface area contributed by atoms with Crippen LogP contribution in [0.15, 0.2) is 11.2 Å². The molecule has 0 aliphatic carbocycles. The lowest BCUT2D eigenvalue weighted by molar-refractivity contribution is 0.171. The van der Waals surface area contributed by atoms with Gasteiger partial charge in [-0.25, -0.2) is 0 Å². The Morgan fingerprint density at radius 2 is 2.32 bits per heavy atom. The summed E-state index contributed by atoms with van der Waals surface area (Å²) in [5.74, 6) is 1.67. The van der Waals surface area contributed by atoms with E-state index in [-0.39, 0.29) is 6.79 Å². The van der Waals surface area contributed by atoms with E-state index in [0.717, 1.165) is 12.0 Å². The number of oxime groups is 1. The molecule has 1 aromatic carbocycles. The van der Waals surface area contributed by atoms with Crippen LogP contribution < -0.4 is 19.5 Å². The number of nitrogens with one attached hydrogen (secondary N) is 1. The maximum atomic E-state index is 9.01. The lowest BCUT2D eigenvalue weighted by Crippen LogP contribution is -2.42. The van der Waals surface area contributed by atoms with Gasteiger partial charge in [-0.1, -0.05) is 12.1 Å². The second-order valence-corrected chi connectivity index (χ2v) is 6.28. The van der Waals surface area contributed by atoms with Gasteiger partial charge in [-0.05, 0) is 43.6 Å². The molecule has 1 aliphatic rings. The molecule has 0 aromatic heterocycles. The van der Waals surface area contributed by atoms with Gasteiger partial charge in [0.2, 0.25) is 12.5 Å². The summed E-state index contributed by atoms with van der Waals surface area (Å²) in [5, 5.41) is 16.2. The molecule has 0 saturated carbocycles. The first-order chi connectivity index (χ1) is 12.0. The van der Waals surface area contributed by atoms with Crippen LogP contribution in [0.25, 0.3) is 0 Å². The van der Waals surface area contributed by atoms with Crippen LogP contribution in [-0.4, -0.2) is 55.0 Å². The van der Waals surface area contributed by atoms with Crippen LogP contribution in [0, 0.1) is 0 Å². The van der Waals surface area contributed by atoms with Crippen molar-refractivity contribution in [3.63, 3.8) is 0 Å². The Kier molecular flexibility index (Phi) is 6.69. The maximum absolute atomic E-state index is 9.01. The number of hydrogen-bond acceptors (Lipinski definition) is 6. The monoisotopic (exact) mass is 367 g/mol. The van der Waals surface area contributed by atoms with Gasteiger partial charge >= 0.3 is 0 Å². The number of methoxy groups -OCH3 is 1. The van der Waals surface area contributed by atoms with Crippen molar-refractivity contribution in [3.05, 3.63) is 17.2 Å². The molecule has 8 heteroatoms. The van der Waals surface area contributed by atoms with Gasteiger partial charge in [-0.2, -0.15) is 0 Å². The molecule has 1 atom stereocenters. The number of nitrogens with zero attached hydrogens (tertiary/aromatic N) is 2. The highest BCUT2D eigenvalue weighted by atomic mass is 32.1. The van der Waals surface area contributed by atoms with Gasteiger partial charge in [0.25, 0.3) is 0 Å². The van der Waals surface area contributed by atoms with E-state index in [1.54, 1.807) is 7.11 Å². The van der Waals surface area contributed by atoms with Crippen molar-refractivity contribution in [3.8, 4) is 17.2 Å². The van der Waals surface area contributed by atoms with Gasteiger partial charge < -0.3 is 29.6 Å². The van der Waals surface area contributed by atoms with E-state index >= 15 is 0 Å². The first kappa shape index (κ1) is 19.1. The van der Waals surface area contributed by atoms with Crippen LogP contribution in [0.5, 0.6) is 17.2 Å². The summed E-state index contributed by atoms with van der Waals surface area (Å²) < 4.78 is 16.4. The summed E-state index contributed by atoms with van der Waals surface area (Å²) in [5.41, 5.74) is 1.60. The molecule has 0 saturated heterocycles. The molecule has 0 fully saturated rings. The van der Waals surface area contributed by atoms with Crippen molar-refractivity contribution in [1.29, 1.82) is 0 Å². The Morgan fingerprint density at radius 3 is 2.96 bits per heavy atom. The fraction of sp³-hybridized carbons (Fsp3) is 0.529. The molecule has 1 aliphatic heterocycles. The summed E-state index contributed by atoms with van der Waals surface area (Å²) in [6.07, 6.45) is 3.03. The predicted molar refractivity (Wildman–Crippen MR) is 100 cm³/mol. The van der Waals surface area contributed by atoms with Crippen LogP contribution in [0.3, 0.4) is 0 Å². The molecule has 7 nitrogen and oxygen atoms in total. The van der Waals surface area contributed by atoms with Crippen molar-refractivity contribution in [2.75, 3.05) is 27.5 Å². The Hall–Kier alpha value is -2.22. The average Bonchev–Trinajstić information content (AvgIpc) is 3.07. The third-order valence-electron chi connectivity index (χ3n) is 4.18. The summed E-state index contributed by atoms with van der Waals surface area (Å²) >= 11 is 5.43. The minimum Gasteiger partial charge on any atom is -0.492 e. The fourth-order valence-electron chi connectivity index (χ4n) is 2.50. The molecule has 0 unspecified atom stereocenters. The van der Waals surface area contributed by atoms with Crippen molar-refractivity contribution in [2.24, 2.45) is 5.16 Å². The van der Waals surface area contributed by atoms with Gasteiger partial charge in [0.1, 0.15) is 0 Å². The molecule has 1 aromatic rings. The molecule has 2 N–H and O–H groups in total.